The second-order valence-electron chi connectivity index (χ2n) is 4.75. The summed E-state index contributed by atoms with van der Waals surface area (Å²) in [6.45, 7) is 3.71. The molecule has 0 bridgehead atoms. The zero-order chi connectivity index (χ0) is 12.1. The number of carboxylic acids is 1. The van der Waals surface area contributed by atoms with Gasteiger partial charge in [-0.25, -0.2) is 4.39 Å². The lowest BCUT2D eigenvalue weighted by molar-refractivity contribution is -0.139. The SMILES string of the molecule is CC1(C)[C@H](C(=O)O)[C@H]1c1c(F)cccc1Br. The van der Waals surface area contributed by atoms with Crippen LogP contribution in [0.1, 0.15) is 25.3 Å². The molecule has 1 saturated carbocycles. The average molecular weight is 287 g/mol. The van der Waals surface area contributed by atoms with E-state index >= 15 is 0 Å². The Hall–Kier alpha value is -0.900. The molecule has 4 heteroatoms. The molecule has 2 atom stereocenters. The monoisotopic (exact) mass is 286 g/mol. The summed E-state index contributed by atoms with van der Waals surface area (Å²) in [7, 11) is 0. The van der Waals surface area contributed by atoms with Crippen LogP contribution in [0.15, 0.2) is 22.7 Å². The second-order valence-corrected chi connectivity index (χ2v) is 5.60. The fourth-order valence-electron chi connectivity index (χ4n) is 2.45. The van der Waals surface area contributed by atoms with Gasteiger partial charge in [-0.05, 0) is 17.5 Å². The molecule has 1 aliphatic carbocycles. The van der Waals surface area contributed by atoms with Crippen molar-refractivity contribution in [2.45, 2.75) is 19.8 Å². The van der Waals surface area contributed by atoms with Crippen molar-refractivity contribution >= 4 is 21.9 Å². The molecule has 0 radical (unpaired) electrons. The van der Waals surface area contributed by atoms with Gasteiger partial charge in [-0.15, -0.1) is 0 Å². The van der Waals surface area contributed by atoms with Gasteiger partial charge in [0, 0.05) is 16.0 Å². The zero-order valence-corrected chi connectivity index (χ0v) is 10.6. The van der Waals surface area contributed by atoms with Gasteiger partial charge in [0.1, 0.15) is 5.82 Å². The molecule has 0 unspecified atom stereocenters. The number of benzene rings is 1. The van der Waals surface area contributed by atoms with Gasteiger partial charge in [-0.1, -0.05) is 35.8 Å². The van der Waals surface area contributed by atoms with Crippen LogP contribution >= 0.6 is 15.9 Å². The number of carboxylic acid groups (broad SMARTS) is 1. The van der Waals surface area contributed by atoms with E-state index in [4.69, 9.17) is 5.11 Å². The van der Waals surface area contributed by atoms with E-state index in [2.05, 4.69) is 15.9 Å². The third-order valence-corrected chi connectivity index (χ3v) is 4.10. The molecule has 1 aliphatic rings. The Balaban J connectivity index is 2.45. The van der Waals surface area contributed by atoms with Crippen molar-refractivity contribution in [1.82, 2.24) is 0 Å². The largest absolute Gasteiger partial charge is 0.481 e. The molecule has 86 valence electrons. The number of carbonyl (C=O) groups is 1. The van der Waals surface area contributed by atoms with Crippen LogP contribution in [0.25, 0.3) is 0 Å². The molecule has 1 N–H and O–H groups in total. The molecule has 2 rings (SSSR count). The van der Waals surface area contributed by atoms with Gasteiger partial charge >= 0.3 is 5.97 Å². The Bertz CT molecular complexity index is 436. The molecular weight excluding hydrogens is 275 g/mol. The second kappa shape index (κ2) is 3.55. The van der Waals surface area contributed by atoms with Gasteiger partial charge in [0.05, 0.1) is 5.92 Å². The van der Waals surface area contributed by atoms with Crippen molar-refractivity contribution in [2.75, 3.05) is 0 Å². The van der Waals surface area contributed by atoms with Gasteiger partial charge in [0.25, 0.3) is 0 Å². The van der Waals surface area contributed by atoms with E-state index < -0.39 is 11.9 Å². The van der Waals surface area contributed by atoms with E-state index in [1.807, 2.05) is 13.8 Å². The van der Waals surface area contributed by atoms with E-state index in [0.717, 1.165) is 0 Å². The van der Waals surface area contributed by atoms with E-state index in [-0.39, 0.29) is 17.2 Å². The van der Waals surface area contributed by atoms with Crippen LogP contribution in [0.3, 0.4) is 0 Å². The number of halogens is 2. The summed E-state index contributed by atoms with van der Waals surface area (Å²) in [6.07, 6.45) is 0. The van der Waals surface area contributed by atoms with E-state index in [1.54, 1.807) is 12.1 Å². The Morgan fingerprint density at radius 2 is 2.12 bits per heavy atom. The quantitative estimate of drug-likeness (QED) is 0.905. The maximum absolute atomic E-state index is 13.7. The molecule has 1 aromatic carbocycles. The predicted molar refractivity (Wildman–Crippen MR) is 61.7 cm³/mol. The van der Waals surface area contributed by atoms with Crippen LogP contribution in [0.4, 0.5) is 4.39 Å². The van der Waals surface area contributed by atoms with Gasteiger partial charge < -0.3 is 5.11 Å². The maximum atomic E-state index is 13.7. The van der Waals surface area contributed by atoms with Crippen LogP contribution in [0.5, 0.6) is 0 Å². The lowest BCUT2D eigenvalue weighted by Gasteiger charge is -2.06. The molecule has 0 saturated heterocycles. The lowest BCUT2D eigenvalue weighted by atomic mass is 10.0. The highest BCUT2D eigenvalue weighted by Gasteiger charge is 2.63. The first kappa shape index (κ1) is 11.6. The lowest BCUT2D eigenvalue weighted by Crippen LogP contribution is -2.03. The third kappa shape index (κ3) is 1.56. The van der Waals surface area contributed by atoms with Gasteiger partial charge in [0.15, 0.2) is 0 Å². The summed E-state index contributed by atoms with van der Waals surface area (Å²) in [4.78, 5) is 11.0. The molecule has 0 aromatic heterocycles. The number of rotatable bonds is 2. The molecule has 2 nitrogen and oxygen atoms in total. The Morgan fingerprint density at radius 1 is 1.50 bits per heavy atom. The minimum absolute atomic E-state index is 0.249. The number of aliphatic carboxylic acids is 1. The zero-order valence-electron chi connectivity index (χ0n) is 9.00. The average Bonchev–Trinajstić information content (AvgIpc) is 2.69. The topological polar surface area (TPSA) is 37.3 Å². The summed E-state index contributed by atoms with van der Waals surface area (Å²) >= 11 is 3.28. The van der Waals surface area contributed by atoms with Crippen LogP contribution in [0.2, 0.25) is 0 Å². The molecule has 0 spiro atoms. The molecule has 0 amide bonds. The fraction of sp³-hybridized carbons (Fsp3) is 0.417. The van der Waals surface area contributed by atoms with Crippen molar-refractivity contribution < 1.29 is 14.3 Å². The highest BCUT2D eigenvalue weighted by atomic mass is 79.9. The summed E-state index contributed by atoms with van der Waals surface area (Å²) < 4.78 is 14.3. The first-order chi connectivity index (χ1) is 7.37. The highest BCUT2D eigenvalue weighted by molar-refractivity contribution is 9.10. The van der Waals surface area contributed by atoms with Crippen molar-refractivity contribution in [3.8, 4) is 0 Å². The van der Waals surface area contributed by atoms with Gasteiger partial charge in [-0.2, -0.15) is 0 Å². The van der Waals surface area contributed by atoms with Crippen LogP contribution in [0, 0.1) is 17.2 Å². The molecule has 0 heterocycles. The van der Waals surface area contributed by atoms with Crippen molar-refractivity contribution in [1.29, 1.82) is 0 Å². The first-order valence-corrected chi connectivity index (χ1v) is 5.83. The maximum Gasteiger partial charge on any atom is 0.307 e. The van der Waals surface area contributed by atoms with Crippen molar-refractivity contribution in [3.05, 3.63) is 34.1 Å². The summed E-state index contributed by atoms with van der Waals surface area (Å²) in [6, 6.07) is 4.72. The standard InChI is InChI=1S/C12H12BrFO2/c1-12(2)9(10(12)11(15)16)8-6(13)4-3-5-7(8)14/h3-5,9-10H,1-2H3,(H,15,16)/t9-,10+/m1/s1. The van der Waals surface area contributed by atoms with Crippen LogP contribution in [-0.2, 0) is 4.79 Å². The smallest absolute Gasteiger partial charge is 0.307 e. The number of hydrogen-bond donors (Lipinski definition) is 1. The molecule has 0 aliphatic heterocycles. The first-order valence-electron chi connectivity index (χ1n) is 5.04. The van der Waals surface area contributed by atoms with E-state index in [1.165, 1.54) is 6.07 Å². The normalized spacial score (nSPS) is 26.5. The minimum atomic E-state index is -0.856. The summed E-state index contributed by atoms with van der Waals surface area (Å²) in [5.41, 5.74) is 0.108. The Kier molecular flexibility index (Phi) is 2.57. The highest BCUT2D eigenvalue weighted by Crippen LogP contribution is 2.65. The van der Waals surface area contributed by atoms with Crippen molar-refractivity contribution in [3.63, 3.8) is 0 Å². The molecule has 16 heavy (non-hydrogen) atoms. The fourth-order valence-corrected chi connectivity index (χ4v) is 3.03. The Morgan fingerprint density at radius 3 is 2.56 bits per heavy atom. The third-order valence-electron chi connectivity index (χ3n) is 3.40. The van der Waals surface area contributed by atoms with Crippen LogP contribution in [-0.4, -0.2) is 11.1 Å². The molecular formula is C12H12BrFO2. The summed E-state index contributed by atoms with van der Waals surface area (Å²) in [5.74, 6) is -1.94. The van der Waals surface area contributed by atoms with Crippen molar-refractivity contribution in [2.24, 2.45) is 11.3 Å². The van der Waals surface area contributed by atoms with Gasteiger partial charge in [0.2, 0.25) is 0 Å². The number of hydrogen-bond acceptors (Lipinski definition) is 1. The van der Waals surface area contributed by atoms with Crippen LogP contribution < -0.4 is 0 Å². The summed E-state index contributed by atoms with van der Waals surface area (Å²) in [5, 5.41) is 9.06. The van der Waals surface area contributed by atoms with Gasteiger partial charge in [-0.3, -0.25) is 4.79 Å². The molecule has 1 aromatic rings. The predicted octanol–water partition coefficient (Wildman–Crippen LogP) is 3.41. The minimum Gasteiger partial charge on any atom is -0.481 e. The molecule has 1 fully saturated rings. The van der Waals surface area contributed by atoms with E-state index in [9.17, 15) is 9.18 Å². The van der Waals surface area contributed by atoms with E-state index in [0.29, 0.717) is 10.0 Å². The Labute approximate surface area is 102 Å².